The molecule has 0 radical (unpaired) electrons. The summed E-state index contributed by atoms with van der Waals surface area (Å²) in [6, 6.07) is 4.98. The quantitative estimate of drug-likeness (QED) is 0.559. The second-order valence-corrected chi connectivity index (χ2v) is 3.74. The minimum atomic E-state index is -0.805. The zero-order valence-corrected chi connectivity index (χ0v) is 11.3. The summed E-state index contributed by atoms with van der Waals surface area (Å²) in [7, 11) is 0. The number of para-hydroxylation sites is 1. The van der Waals surface area contributed by atoms with Gasteiger partial charge in [-0.15, -0.1) is 0 Å². The number of hydrogen-bond acceptors (Lipinski definition) is 5. The molecular formula is C14H18O5. The van der Waals surface area contributed by atoms with Crippen molar-refractivity contribution in [1.82, 2.24) is 0 Å². The molecule has 0 saturated heterocycles. The van der Waals surface area contributed by atoms with Crippen molar-refractivity contribution in [3.05, 3.63) is 23.8 Å². The van der Waals surface area contributed by atoms with Crippen LogP contribution in [0.15, 0.2) is 18.2 Å². The highest BCUT2D eigenvalue weighted by molar-refractivity contribution is 5.82. The van der Waals surface area contributed by atoms with Gasteiger partial charge in [-0.3, -0.25) is 4.79 Å². The molecule has 5 heteroatoms. The Hall–Kier alpha value is -2.04. The van der Waals surface area contributed by atoms with Crippen molar-refractivity contribution in [2.75, 3.05) is 13.2 Å². The fourth-order valence-electron chi connectivity index (χ4n) is 1.51. The Balaban J connectivity index is 2.97. The van der Waals surface area contributed by atoms with Crippen molar-refractivity contribution in [3.8, 4) is 11.5 Å². The summed E-state index contributed by atoms with van der Waals surface area (Å²) in [4.78, 5) is 22.5. The molecule has 1 unspecified atom stereocenters. The van der Waals surface area contributed by atoms with Gasteiger partial charge in [-0.1, -0.05) is 6.07 Å². The second kappa shape index (κ2) is 7.41. The summed E-state index contributed by atoms with van der Waals surface area (Å²) in [5.74, 6) is 0.216. The normalized spacial score (nSPS) is 11.5. The third kappa shape index (κ3) is 3.98. The lowest BCUT2D eigenvalue weighted by Gasteiger charge is -2.17. The lowest BCUT2D eigenvalue weighted by atomic mass is 10.2. The highest BCUT2D eigenvalue weighted by atomic mass is 16.6. The van der Waals surface area contributed by atoms with E-state index < -0.39 is 12.1 Å². The van der Waals surface area contributed by atoms with Crippen LogP contribution in [0.5, 0.6) is 11.5 Å². The van der Waals surface area contributed by atoms with Gasteiger partial charge in [0, 0.05) is 0 Å². The Morgan fingerprint density at radius 1 is 1.32 bits per heavy atom. The summed E-state index contributed by atoms with van der Waals surface area (Å²) in [6.07, 6.45) is -0.143. The molecule has 5 nitrogen and oxygen atoms in total. The van der Waals surface area contributed by atoms with E-state index in [0.29, 0.717) is 24.2 Å². The zero-order valence-electron chi connectivity index (χ0n) is 11.3. The molecule has 1 atom stereocenters. The van der Waals surface area contributed by atoms with Gasteiger partial charge in [-0.05, 0) is 32.9 Å². The molecular weight excluding hydrogens is 248 g/mol. The van der Waals surface area contributed by atoms with Gasteiger partial charge < -0.3 is 14.2 Å². The average Bonchev–Trinajstić information content (AvgIpc) is 2.41. The minimum Gasteiger partial charge on any atom is -0.490 e. The summed E-state index contributed by atoms with van der Waals surface area (Å²) >= 11 is 0. The van der Waals surface area contributed by atoms with Gasteiger partial charge in [-0.2, -0.15) is 0 Å². The predicted octanol–water partition coefficient (Wildman–Crippen LogP) is 2.23. The van der Waals surface area contributed by atoms with Crippen LogP contribution in [0, 0.1) is 0 Å². The maximum atomic E-state index is 11.5. The molecule has 1 aromatic carbocycles. The first-order valence-electron chi connectivity index (χ1n) is 6.18. The molecule has 0 aliphatic heterocycles. The Kier molecular flexibility index (Phi) is 5.85. The molecule has 1 aromatic rings. The fraction of sp³-hybridized carbons (Fsp3) is 0.429. The number of hydrogen-bond donors (Lipinski definition) is 0. The third-order valence-electron chi connectivity index (χ3n) is 2.35. The monoisotopic (exact) mass is 266 g/mol. The molecule has 0 aliphatic carbocycles. The molecule has 0 spiro atoms. The van der Waals surface area contributed by atoms with Crippen LogP contribution in [0.1, 0.15) is 31.1 Å². The maximum Gasteiger partial charge on any atom is 0.347 e. The molecule has 0 bridgehead atoms. The van der Waals surface area contributed by atoms with Crippen LogP contribution in [-0.2, 0) is 9.53 Å². The van der Waals surface area contributed by atoms with Crippen LogP contribution in [0.4, 0.5) is 0 Å². The van der Waals surface area contributed by atoms with Crippen molar-refractivity contribution in [2.24, 2.45) is 0 Å². The molecule has 1 rings (SSSR count). The maximum absolute atomic E-state index is 11.5. The number of aldehydes is 1. The Labute approximate surface area is 112 Å². The lowest BCUT2D eigenvalue weighted by Crippen LogP contribution is -2.26. The molecule has 19 heavy (non-hydrogen) atoms. The van der Waals surface area contributed by atoms with Crippen LogP contribution in [0.3, 0.4) is 0 Å². The average molecular weight is 266 g/mol. The molecule has 0 heterocycles. The standard InChI is InChI=1S/C14H18O5/c1-4-17-12-8-6-7-11(9-15)13(12)19-10(3)14(16)18-5-2/h6-10H,4-5H2,1-3H3. The van der Waals surface area contributed by atoms with Gasteiger partial charge >= 0.3 is 5.97 Å². The fourth-order valence-corrected chi connectivity index (χ4v) is 1.51. The van der Waals surface area contributed by atoms with Crippen LogP contribution >= 0.6 is 0 Å². The number of rotatable bonds is 7. The molecule has 0 aliphatic rings. The molecule has 0 amide bonds. The van der Waals surface area contributed by atoms with Crippen molar-refractivity contribution < 1.29 is 23.8 Å². The SMILES string of the molecule is CCOC(=O)C(C)Oc1c(C=O)cccc1OCC. The lowest BCUT2D eigenvalue weighted by molar-refractivity contribution is -0.150. The van der Waals surface area contributed by atoms with Crippen LogP contribution < -0.4 is 9.47 Å². The molecule has 0 fully saturated rings. The third-order valence-corrected chi connectivity index (χ3v) is 2.35. The summed E-state index contributed by atoms with van der Waals surface area (Å²) in [6.45, 7) is 5.82. The van der Waals surface area contributed by atoms with Crippen molar-refractivity contribution in [3.63, 3.8) is 0 Å². The summed E-state index contributed by atoms with van der Waals surface area (Å²) < 4.78 is 15.7. The first-order chi connectivity index (χ1) is 9.13. The highest BCUT2D eigenvalue weighted by Crippen LogP contribution is 2.31. The molecule has 104 valence electrons. The van der Waals surface area contributed by atoms with Crippen molar-refractivity contribution >= 4 is 12.3 Å². The highest BCUT2D eigenvalue weighted by Gasteiger charge is 2.20. The van der Waals surface area contributed by atoms with E-state index in [1.807, 2.05) is 6.92 Å². The van der Waals surface area contributed by atoms with E-state index in [1.54, 1.807) is 32.0 Å². The number of benzene rings is 1. The molecule has 0 saturated carbocycles. The summed E-state index contributed by atoms with van der Waals surface area (Å²) in [5.41, 5.74) is 0.335. The van der Waals surface area contributed by atoms with Gasteiger partial charge in [0.15, 0.2) is 23.9 Å². The van der Waals surface area contributed by atoms with Gasteiger partial charge in [0.2, 0.25) is 0 Å². The van der Waals surface area contributed by atoms with Gasteiger partial charge in [0.1, 0.15) is 0 Å². The largest absolute Gasteiger partial charge is 0.490 e. The first kappa shape index (κ1) is 15.0. The summed E-state index contributed by atoms with van der Waals surface area (Å²) in [5, 5.41) is 0. The van der Waals surface area contributed by atoms with Crippen molar-refractivity contribution in [1.29, 1.82) is 0 Å². The smallest absolute Gasteiger partial charge is 0.347 e. The van der Waals surface area contributed by atoms with E-state index in [2.05, 4.69) is 0 Å². The van der Waals surface area contributed by atoms with Gasteiger partial charge in [0.05, 0.1) is 18.8 Å². The Morgan fingerprint density at radius 2 is 2.05 bits per heavy atom. The zero-order chi connectivity index (χ0) is 14.3. The van der Waals surface area contributed by atoms with Gasteiger partial charge in [0.25, 0.3) is 0 Å². The van der Waals surface area contributed by atoms with E-state index in [0.717, 1.165) is 0 Å². The second-order valence-electron chi connectivity index (χ2n) is 3.74. The predicted molar refractivity (Wildman–Crippen MR) is 69.7 cm³/mol. The van der Waals surface area contributed by atoms with E-state index in [9.17, 15) is 9.59 Å². The van der Waals surface area contributed by atoms with Crippen LogP contribution in [0.25, 0.3) is 0 Å². The first-order valence-corrected chi connectivity index (χ1v) is 6.18. The topological polar surface area (TPSA) is 61.8 Å². The number of ether oxygens (including phenoxy) is 3. The minimum absolute atomic E-state index is 0.264. The molecule has 0 N–H and O–H groups in total. The van der Waals surface area contributed by atoms with E-state index in [4.69, 9.17) is 14.2 Å². The Morgan fingerprint density at radius 3 is 2.63 bits per heavy atom. The number of esters is 1. The van der Waals surface area contributed by atoms with Gasteiger partial charge in [-0.25, -0.2) is 4.79 Å². The Bertz CT molecular complexity index is 441. The van der Waals surface area contributed by atoms with E-state index in [1.165, 1.54) is 0 Å². The number of carbonyl (C=O) groups is 2. The molecule has 0 aromatic heterocycles. The van der Waals surface area contributed by atoms with E-state index >= 15 is 0 Å². The van der Waals surface area contributed by atoms with Crippen molar-refractivity contribution in [2.45, 2.75) is 26.9 Å². The van der Waals surface area contributed by atoms with Crippen LogP contribution in [0.2, 0.25) is 0 Å². The number of carbonyl (C=O) groups excluding carboxylic acids is 2. The van der Waals surface area contributed by atoms with Crippen LogP contribution in [-0.4, -0.2) is 31.6 Å². The van der Waals surface area contributed by atoms with E-state index in [-0.39, 0.29) is 12.4 Å².